The third-order valence-electron chi connectivity index (χ3n) is 5.45. The summed E-state index contributed by atoms with van der Waals surface area (Å²) in [5.41, 5.74) is 5.32. The van der Waals surface area contributed by atoms with Gasteiger partial charge in [-0.2, -0.15) is 0 Å². The van der Waals surface area contributed by atoms with Gasteiger partial charge in [0, 0.05) is 29.7 Å². The molecular weight excluding hydrogens is 352 g/mol. The number of rotatable bonds is 3. The van der Waals surface area contributed by atoms with Crippen LogP contribution in [-0.2, 0) is 24.0 Å². The normalized spacial score (nSPS) is 19.2. The van der Waals surface area contributed by atoms with E-state index >= 15 is 0 Å². The van der Waals surface area contributed by atoms with Crippen LogP contribution in [0.5, 0.6) is 0 Å². The Morgan fingerprint density at radius 1 is 1.04 bits per heavy atom. The number of hydrogen-bond acceptors (Lipinski definition) is 1. The molecule has 1 aliphatic heterocycles. The standard InChI is InChI=1S/C23H28N2OS/c1-17-22-20(14-15-25(17)27(26)23(2,3)4)19-12-8-9-13-21(19)24(22)16-18-10-6-5-7-11-18/h5-13,17H,14-16H2,1-4H3/t17-,27?/m0/s1. The topological polar surface area (TPSA) is 25.2 Å². The van der Waals surface area contributed by atoms with Crippen molar-refractivity contribution in [3.63, 3.8) is 0 Å². The Balaban J connectivity index is 1.85. The van der Waals surface area contributed by atoms with E-state index in [1.165, 1.54) is 27.7 Å². The van der Waals surface area contributed by atoms with Crippen molar-refractivity contribution in [2.45, 2.75) is 51.4 Å². The summed E-state index contributed by atoms with van der Waals surface area (Å²) in [5.74, 6) is 0. The van der Waals surface area contributed by atoms with Gasteiger partial charge in [-0.15, -0.1) is 0 Å². The number of fused-ring (bicyclic) bond motifs is 3. The van der Waals surface area contributed by atoms with Crippen molar-refractivity contribution >= 4 is 21.9 Å². The van der Waals surface area contributed by atoms with E-state index < -0.39 is 11.0 Å². The number of aromatic nitrogens is 1. The van der Waals surface area contributed by atoms with Crippen molar-refractivity contribution in [1.29, 1.82) is 0 Å². The first-order chi connectivity index (χ1) is 12.9. The van der Waals surface area contributed by atoms with Gasteiger partial charge in [-0.05, 0) is 51.3 Å². The molecule has 1 unspecified atom stereocenters. The van der Waals surface area contributed by atoms with Crippen LogP contribution in [0.25, 0.3) is 10.9 Å². The summed E-state index contributed by atoms with van der Waals surface area (Å²) >= 11 is 0. The minimum absolute atomic E-state index is 0.130. The lowest BCUT2D eigenvalue weighted by Crippen LogP contribution is -2.43. The van der Waals surface area contributed by atoms with Crippen LogP contribution in [0.2, 0.25) is 0 Å². The maximum absolute atomic E-state index is 13.2. The van der Waals surface area contributed by atoms with Gasteiger partial charge >= 0.3 is 0 Å². The molecule has 0 spiro atoms. The van der Waals surface area contributed by atoms with Gasteiger partial charge in [0.2, 0.25) is 0 Å². The molecule has 0 bridgehead atoms. The van der Waals surface area contributed by atoms with E-state index in [1.54, 1.807) is 0 Å². The van der Waals surface area contributed by atoms with E-state index in [0.29, 0.717) is 0 Å². The van der Waals surface area contributed by atoms with Crippen molar-refractivity contribution in [3.05, 3.63) is 71.4 Å². The molecule has 1 aliphatic rings. The molecule has 27 heavy (non-hydrogen) atoms. The van der Waals surface area contributed by atoms with Crippen LogP contribution in [0.3, 0.4) is 0 Å². The average Bonchev–Trinajstić information content (AvgIpc) is 2.96. The number of para-hydroxylation sites is 1. The Morgan fingerprint density at radius 2 is 1.70 bits per heavy atom. The van der Waals surface area contributed by atoms with Gasteiger partial charge in [0.05, 0.1) is 10.8 Å². The third kappa shape index (κ3) is 3.26. The smallest absolute Gasteiger partial charge is 0.100 e. The second-order valence-electron chi connectivity index (χ2n) is 8.38. The zero-order chi connectivity index (χ0) is 19.2. The monoisotopic (exact) mass is 380 g/mol. The lowest BCUT2D eigenvalue weighted by Gasteiger charge is -2.37. The third-order valence-corrected chi connectivity index (χ3v) is 7.42. The molecule has 2 aromatic carbocycles. The first-order valence-corrected chi connectivity index (χ1v) is 10.8. The van der Waals surface area contributed by atoms with E-state index in [2.05, 4.69) is 91.2 Å². The molecule has 2 atom stereocenters. The molecule has 0 aliphatic carbocycles. The Morgan fingerprint density at radius 3 is 2.41 bits per heavy atom. The van der Waals surface area contributed by atoms with Crippen LogP contribution in [0.4, 0.5) is 0 Å². The van der Waals surface area contributed by atoms with Crippen molar-refractivity contribution in [3.8, 4) is 0 Å². The summed E-state index contributed by atoms with van der Waals surface area (Å²) in [5, 5.41) is 1.34. The lowest BCUT2D eigenvalue weighted by molar-refractivity contribution is 0.326. The predicted molar refractivity (Wildman–Crippen MR) is 114 cm³/mol. The van der Waals surface area contributed by atoms with Gasteiger partial charge < -0.3 is 4.57 Å². The largest absolute Gasteiger partial charge is 0.338 e. The zero-order valence-electron chi connectivity index (χ0n) is 16.6. The highest BCUT2D eigenvalue weighted by atomic mass is 32.2. The molecule has 0 N–H and O–H groups in total. The molecule has 1 aromatic heterocycles. The fourth-order valence-electron chi connectivity index (χ4n) is 4.20. The van der Waals surface area contributed by atoms with Gasteiger partial charge in [0.25, 0.3) is 0 Å². The Kier molecular flexibility index (Phi) is 4.73. The van der Waals surface area contributed by atoms with Crippen molar-refractivity contribution in [1.82, 2.24) is 8.87 Å². The highest BCUT2D eigenvalue weighted by molar-refractivity contribution is 7.84. The van der Waals surface area contributed by atoms with E-state index in [0.717, 1.165) is 19.5 Å². The minimum Gasteiger partial charge on any atom is -0.338 e. The number of benzene rings is 2. The van der Waals surface area contributed by atoms with Crippen LogP contribution in [0.1, 0.15) is 50.6 Å². The van der Waals surface area contributed by atoms with Crippen LogP contribution < -0.4 is 0 Å². The molecule has 4 rings (SSSR count). The van der Waals surface area contributed by atoms with E-state index in [4.69, 9.17) is 0 Å². The summed E-state index contributed by atoms with van der Waals surface area (Å²) in [6.07, 6.45) is 0.948. The Hall–Kier alpha value is -1.91. The Bertz CT molecular complexity index is 985. The number of nitrogens with zero attached hydrogens (tertiary/aromatic N) is 2. The van der Waals surface area contributed by atoms with Gasteiger partial charge in [-0.25, -0.2) is 8.51 Å². The van der Waals surface area contributed by atoms with Crippen LogP contribution in [0.15, 0.2) is 54.6 Å². The maximum atomic E-state index is 13.2. The highest BCUT2D eigenvalue weighted by Crippen LogP contribution is 2.39. The molecule has 4 heteroatoms. The van der Waals surface area contributed by atoms with Gasteiger partial charge in [-0.3, -0.25) is 0 Å². The summed E-state index contributed by atoms with van der Waals surface area (Å²) < 4.78 is 17.5. The number of hydrogen-bond donors (Lipinski definition) is 0. The summed E-state index contributed by atoms with van der Waals surface area (Å²) in [6.45, 7) is 10.1. The molecule has 2 heterocycles. The summed E-state index contributed by atoms with van der Waals surface area (Å²) in [6, 6.07) is 19.4. The minimum atomic E-state index is -1.02. The lowest BCUT2D eigenvalue weighted by atomic mass is 10.00. The Labute approximate surface area is 164 Å². The zero-order valence-corrected chi connectivity index (χ0v) is 17.4. The van der Waals surface area contributed by atoms with Crippen molar-refractivity contribution in [2.24, 2.45) is 0 Å². The second-order valence-corrected chi connectivity index (χ2v) is 10.6. The fraction of sp³-hybridized carbons (Fsp3) is 0.391. The summed E-state index contributed by atoms with van der Waals surface area (Å²) in [4.78, 5) is 0. The molecule has 0 amide bonds. The first kappa shape index (κ1) is 18.5. The molecular formula is C23H28N2OS. The maximum Gasteiger partial charge on any atom is 0.100 e. The molecule has 0 radical (unpaired) electrons. The molecule has 3 aromatic rings. The van der Waals surface area contributed by atoms with Crippen LogP contribution in [-0.4, -0.2) is 24.4 Å². The SMILES string of the molecule is C[C@H]1c2c(c3ccccc3n2Cc2ccccc2)CCN1S(=O)C(C)(C)C. The van der Waals surface area contributed by atoms with E-state index in [1.807, 2.05) is 0 Å². The highest BCUT2D eigenvalue weighted by Gasteiger charge is 2.36. The van der Waals surface area contributed by atoms with Crippen LogP contribution >= 0.6 is 0 Å². The van der Waals surface area contributed by atoms with Gasteiger partial charge in [-0.1, -0.05) is 48.5 Å². The average molecular weight is 381 g/mol. The molecule has 0 fully saturated rings. The molecule has 0 saturated carbocycles. The molecule has 142 valence electrons. The van der Waals surface area contributed by atoms with E-state index in [9.17, 15) is 4.21 Å². The van der Waals surface area contributed by atoms with Gasteiger partial charge in [0.1, 0.15) is 11.0 Å². The first-order valence-electron chi connectivity index (χ1n) is 9.70. The fourth-order valence-corrected chi connectivity index (χ4v) is 5.55. The molecule has 3 nitrogen and oxygen atoms in total. The van der Waals surface area contributed by atoms with Crippen molar-refractivity contribution < 1.29 is 4.21 Å². The quantitative estimate of drug-likeness (QED) is 0.623. The second kappa shape index (κ2) is 6.92. The molecule has 0 saturated heterocycles. The van der Waals surface area contributed by atoms with E-state index in [-0.39, 0.29) is 10.8 Å². The van der Waals surface area contributed by atoms with Gasteiger partial charge in [0.15, 0.2) is 0 Å². The summed E-state index contributed by atoms with van der Waals surface area (Å²) in [7, 11) is -1.02. The van der Waals surface area contributed by atoms with Crippen molar-refractivity contribution in [2.75, 3.05) is 6.54 Å². The predicted octanol–water partition coefficient (Wildman–Crippen LogP) is 5.07. The van der Waals surface area contributed by atoms with Crippen LogP contribution in [0, 0.1) is 0 Å².